The third-order valence-electron chi connectivity index (χ3n) is 2.59. The van der Waals surface area contributed by atoms with Crippen molar-refractivity contribution in [2.24, 2.45) is 0 Å². The number of aliphatic hydroxyl groups excluding tert-OH is 2. The molecule has 3 N–H and O–H groups in total. The molecule has 0 aliphatic heterocycles. The van der Waals surface area contributed by atoms with Gasteiger partial charge in [-0.15, -0.1) is 0 Å². The van der Waals surface area contributed by atoms with E-state index in [-0.39, 0.29) is 31.1 Å². The van der Waals surface area contributed by atoms with Gasteiger partial charge in [-0.25, -0.2) is 0 Å². The van der Waals surface area contributed by atoms with Crippen LogP contribution < -0.4 is 4.74 Å². The number of aliphatic hydroxyl groups is 3. The average molecular weight is 284 g/mol. The monoisotopic (exact) mass is 284 g/mol. The number of carbonyl (C=O) groups is 1. The molecule has 0 saturated carbocycles. The molecule has 20 heavy (non-hydrogen) atoms. The Morgan fingerprint density at radius 3 is 2.55 bits per heavy atom. The summed E-state index contributed by atoms with van der Waals surface area (Å²) < 4.78 is 10.2. The minimum Gasteiger partial charge on any atom is -0.490 e. The minimum absolute atomic E-state index is 0.0178. The van der Waals surface area contributed by atoms with Crippen LogP contribution >= 0.6 is 0 Å². The standard InChI is InChI=1S/C14H20O6/c1-14(2,18)13(17)12-10(8-19-9-16)4-3-5-11(12)20-7-6-15/h3-5,15-16,18H,6-9H2,1-2H3. The normalized spacial score (nSPS) is 11.4. The smallest absolute Gasteiger partial charge is 0.197 e. The van der Waals surface area contributed by atoms with Crippen molar-refractivity contribution < 1.29 is 29.6 Å². The quantitative estimate of drug-likeness (QED) is 0.474. The van der Waals surface area contributed by atoms with Gasteiger partial charge in [-0.05, 0) is 25.5 Å². The molecule has 0 atom stereocenters. The molecule has 0 bridgehead atoms. The molecule has 0 heterocycles. The van der Waals surface area contributed by atoms with E-state index in [1.165, 1.54) is 13.8 Å². The highest BCUT2D eigenvalue weighted by molar-refractivity contribution is 6.05. The summed E-state index contributed by atoms with van der Waals surface area (Å²) in [6.45, 7) is 2.16. The van der Waals surface area contributed by atoms with Gasteiger partial charge >= 0.3 is 0 Å². The van der Waals surface area contributed by atoms with Crippen LogP contribution in [-0.4, -0.2) is 46.7 Å². The van der Waals surface area contributed by atoms with Crippen LogP contribution in [0, 0.1) is 0 Å². The third-order valence-corrected chi connectivity index (χ3v) is 2.59. The molecule has 1 aromatic carbocycles. The molecule has 6 nitrogen and oxygen atoms in total. The van der Waals surface area contributed by atoms with E-state index in [4.69, 9.17) is 19.7 Å². The van der Waals surface area contributed by atoms with E-state index < -0.39 is 18.2 Å². The molecule has 0 radical (unpaired) electrons. The number of carbonyl (C=O) groups excluding carboxylic acids is 1. The lowest BCUT2D eigenvalue weighted by Gasteiger charge is -2.20. The van der Waals surface area contributed by atoms with Crippen LogP contribution in [0.5, 0.6) is 5.75 Å². The van der Waals surface area contributed by atoms with Gasteiger partial charge in [0.15, 0.2) is 5.78 Å². The van der Waals surface area contributed by atoms with Crippen LogP contribution in [0.25, 0.3) is 0 Å². The molecule has 0 spiro atoms. The highest BCUT2D eigenvalue weighted by atomic mass is 16.6. The topological polar surface area (TPSA) is 96.2 Å². The number of hydrogen-bond donors (Lipinski definition) is 3. The average Bonchev–Trinajstić information content (AvgIpc) is 2.40. The summed E-state index contributed by atoms with van der Waals surface area (Å²) in [5.74, 6) is -0.243. The highest BCUT2D eigenvalue weighted by Crippen LogP contribution is 2.27. The molecule has 112 valence electrons. The minimum atomic E-state index is -1.56. The van der Waals surface area contributed by atoms with Crippen LogP contribution in [0.4, 0.5) is 0 Å². The molecule has 0 aliphatic carbocycles. The van der Waals surface area contributed by atoms with Gasteiger partial charge in [0, 0.05) is 0 Å². The molecule has 6 heteroatoms. The fourth-order valence-electron chi connectivity index (χ4n) is 1.69. The zero-order chi connectivity index (χ0) is 15.2. The fourth-order valence-corrected chi connectivity index (χ4v) is 1.69. The molecule has 0 aromatic heterocycles. The van der Waals surface area contributed by atoms with Crippen molar-refractivity contribution in [1.29, 1.82) is 0 Å². The summed E-state index contributed by atoms with van der Waals surface area (Å²) in [4.78, 5) is 12.3. The number of ether oxygens (including phenoxy) is 2. The van der Waals surface area contributed by atoms with Crippen LogP contribution in [0.15, 0.2) is 18.2 Å². The van der Waals surface area contributed by atoms with E-state index in [0.29, 0.717) is 5.56 Å². The van der Waals surface area contributed by atoms with Gasteiger partial charge in [-0.1, -0.05) is 12.1 Å². The number of benzene rings is 1. The Morgan fingerprint density at radius 1 is 1.30 bits per heavy atom. The summed E-state index contributed by atoms with van der Waals surface area (Å²) in [7, 11) is 0. The lowest BCUT2D eigenvalue weighted by atomic mass is 9.92. The van der Waals surface area contributed by atoms with Crippen LogP contribution in [0.3, 0.4) is 0 Å². The summed E-state index contributed by atoms with van der Waals surface area (Å²) in [6.07, 6.45) is 0. The maximum Gasteiger partial charge on any atom is 0.197 e. The maximum atomic E-state index is 12.3. The van der Waals surface area contributed by atoms with Crippen molar-refractivity contribution in [1.82, 2.24) is 0 Å². The molecule has 1 rings (SSSR count). The van der Waals surface area contributed by atoms with Crippen molar-refractivity contribution in [3.63, 3.8) is 0 Å². The number of hydrogen-bond acceptors (Lipinski definition) is 6. The molecule has 0 aliphatic rings. The molecular weight excluding hydrogens is 264 g/mol. The Kier molecular flexibility index (Phi) is 6.09. The predicted molar refractivity (Wildman–Crippen MR) is 71.5 cm³/mol. The summed E-state index contributed by atoms with van der Waals surface area (Å²) in [5.41, 5.74) is -0.865. The Labute approximate surface area is 117 Å². The van der Waals surface area contributed by atoms with E-state index in [1.54, 1.807) is 18.2 Å². The van der Waals surface area contributed by atoms with E-state index in [2.05, 4.69) is 0 Å². The SMILES string of the molecule is CC(C)(O)C(=O)c1c(COCO)cccc1OCCO. The van der Waals surface area contributed by atoms with E-state index in [0.717, 1.165) is 0 Å². The zero-order valence-electron chi connectivity index (χ0n) is 11.6. The molecule has 1 aromatic rings. The van der Waals surface area contributed by atoms with Gasteiger partial charge in [0.25, 0.3) is 0 Å². The first-order valence-electron chi connectivity index (χ1n) is 6.23. The van der Waals surface area contributed by atoms with Crippen molar-refractivity contribution in [2.45, 2.75) is 26.1 Å². The van der Waals surface area contributed by atoms with Gasteiger partial charge in [0.05, 0.1) is 18.8 Å². The first-order chi connectivity index (χ1) is 9.41. The van der Waals surface area contributed by atoms with Gasteiger partial charge in [-0.2, -0.15) is 0 Å². The van der Waals surface area contributed by atoms with Crippen LogP contribution in [0.1, 0.15) is 29.8 Å². The summed E-state index contributed by atoms with van der Waals surface area (Å²) in [6, 6.07) is 4.90. The Balaban J connectivity index is 3.20. The summed E-state index contributed by atoms with van der Waals surface area (Å²) in [5, 5.41) is 27.4. The lowest BCUT2D eigenvalue weighted by Crippen LogP contribution is -2.32. The maximum absolute atomic E-state index is 12.3. The Hall–Kier alpha value is -1.47. The van der Waals surface area contributed by atoms with E-state index >= 15 is 0 Å². The van der Waals surface area contributed by atoms with E-state index in [1.807, 2.05) is 0 Å². The molecule has 0 fully saturated rings. The van der Waals surface area contributed by atoms with Crippen molar-refractivity contribution in [3.8, 4) is 5.75 Å². The van der Waals surface area contributed by atoms with Crippen molar-refractivity contribution >= 4 is 5.78 Å². The fraction of sp³-hybridized carbons (Fsp3) is 0.500. The Morgan fingerprint density at radius 2 is 2.00 bits per heavy atom. The molecular formula is C14H20O6. The molecule has 0 unspecified atom stereocenters. The molecule has 0 saturated heterocycles. The molecule has 0 amide bonds. The number of Topliss-reactive ketones (excluding diaryl/α,β-unsaturated/α-hetero) is 1. The van der Waals surface area contributed by atoms with Gasteiger partial charge in [0.1, 0.15) is 24.8 Å². The zero-order valence-corrected chi connectivity index (χ0v) is 11.6. The van der Waals surface area contributed by atoms with Gasteiger partial charge in [-0.3, -0.25) is 4.79 Å². The lowest BCUT2D eigenvalue weighted by molar-refractivity contribution is -0.0117. The van der Waals surface area contributed by atoms with Crippen molar-refractivity contribution in [3.05, 3.63) is 29.3 Å². The van der Waals surface area contributed by atoms with Crippen LogP contribution in [0.2, 0.25) is 0 Å². The summed E-state index contributed by atoms with van der Waals surface area (Å²) >= 11 is 0. The second-order valence-electron chi connectivity index (χ2n) is 4.73. The van der Waals surface area contributed by atoms with Gasteiger partial charge < -0.3 is 24.8 Å². The Bertz CT molecular complexity index is 423. The van der Waals surface area contributed by atoms with Gasteiger partial charge in [0.2, 0.25) is 0 Å². The number of rotatable bonds is 8. The second-order valence-corrected chi connectivity index (χ2v) is 4.73. The van der Waals surface area contributed by atoms with Crippen molar-refractivity contribution in [2.75, 3.05) is 20.0 Å². The number of ketones is 1. The highest BCUT2D eigenvalue weighted by Gasteiger charge is 2.30. The largest absolute Gasteiger partial charge is 0.490 e. The first kappa shape index (κ1) is 16.6. The second kappa shape index (κ2) is 7.35. The van der Waals surface area contributed by atoms with Crippen LogP contribution in [-0.2, 0) is 11.3 Å². The van der Waals surface area contributed by atoms with E-state index in [9.17, 15) is 9.90 Å². The third kappa shape index (κ3) is 4.28. The first-order valence-corrected chi connectivity index (χ1v) is 6.23. The predicted octanol–water partition coefficient (Wildman–Crippen LogP) is 0.478.